The van der Waals surface area contributed by atoms with E-state index in [2.05, 4.69) is 18.7 Å². The number of halogens is 1. The van der Waals surface area contributed by atoms with E-state index in [0.29, 0.717) is 16.7 Å². The van der Waals surface area contributed by atoms with Crippen molar-refractivity contribution in [2.75, 3.05) is 13.1 Å². The molecular formula is C18H28ClNO. The third-order valence-corrected chi connectivity index (χ3v) is 7.23. The maximum atomic E-state index is 13.3. The van der Waals surface area contributed by atoms with Crippen molar-refractivity contribution < 1.29 is 4.79 Å². The third kappa shape index (κ3) is 2.24. The first-order chi connectivity index (χ1) is 9.82. The number of alkyl halides is 1. The molecule has 1 aliphatic heterocycles. The highest BCUT2D eigenvalue weighted by atomic mass is 35.5. The fourth-order valence-electron chi connectivity index (χ4n) is 7.07. The van der Waals surface area contributed by atoms with Crippen LogP contribution in [0.4, 0.5) is 0 Å². The number of nitrogens with zero attached hydrogens (tertiary/aromatic N) is 1. The van der Waals surface area contributed by atoms with Crippen LogP contribution in [0.1, 0.15) is 65.2 Å². The van der Waals surface area contributed by atoms with E-state index in [1.54, 1.807) is 0 Å². The first-order valence-electron chi connectivity index (χ1n) is 8.75. The number of amides is 1. The van der Waals surface area contributed by atoms with Gasteiger partial charge in [0.05, 0.1) is 5.41 Å². The Morgan fingerprint density at radius 2 is 1.57 bits per heavy atom. The van der Waals surface area contributed by atoms with E-state index in [4.69, 9.17) is 11.6 Å². The fourth-order valence-corrected chi connectivity index (χ4v) is 7.27. The summed E-state index contributed by atoms with van der Waals surface area (Å²) < 4.78 is 0. The third-order valence-electron chi connectivity index (χ3n) is 6.79. The van der Waals surface area contributed by atoms with Crippen molar-refractivity contribution in [1.29, 1.82) is 0 Å². The molecule has 1 heterocycles. The number of rotatable bonds is 1. The van der Waals surface area contributed by atoms with Crippen LogP contribution in [0.25, 0.3) is 0 Å². The number of carbonyl (C=O) groups excluding carboxylic acids is 1. The number of piperidine rings is 1. The van der Waals surface area contributed by atoms with Crippen molar-refractivity contribution in [2.45, 2.75) is 70.6 Å². The van der Waals surface area contributed by atoms with Crippen LogP contribution in [-0.2, 0) is 4.79 Å². The van der Waals surface area contributed by atoms with Gasteiger partial charge < -0.3 is 4.90 Å². The monoisotopic (exact) mass is 309 g/mol. The van der Waals surface area contributed by atoms with Crippen LogP contribution < -0.4 is 0 Å². The van der Waals surface area contributed by atoms with Crippen LogP contribution in [0.5, 0.6) is 0 Å². The van der Waals surface area contributed by atoms with Gasteiger partial charge in [-0.25, -0.2) is 0 Å². The zero-order valence-corrected chi connectivity index (χ0v) is 14.2. The van der Waals surface area contributed by atoms with Gasteiger partial charge in [0.2, 0.25) is 5.91 Å². The summed E-state index contributed by atoms with van der Waals surface area (Å²) in [6.07, 6.45) is 9.47. The predicted octanol–water partition coefficient (Wildman–Crippen LogP) is 4.21. The van der Waals surface area contributed by atoms with Gasteiger partial charge in [0.1, 0.15) is 0 Å². The Bertz CT molecular complexity index is 450. The number of hydrogen-bond donors (Lipinski definition) is 0. The van der Waals surface area contributed by atoms with Gasteiger partial charge in [-0.15, -0.1) is 11.6 Å². The lowest BCUT2D eigenvalue weighted by Gasteiger charge is -2.65. The lowest BCUT2D eigenvalue weighted by molar-refractivity contribution is -0.180. The van der Waals surface area contributed by atoms with E-state index in [0.717, 1.165) is 51.1 Å². The summed E-state index contributed by atoms with van der Waals surface area (Å²) in [5.74, 6) is 1.28. The van der Waals surface area contributed by atoms with Gasteiger partial charge in [-0.3, -0.25) is 4.79 Å². The number of hydrogen-bond acceptors (Lipinski definition) is 1. The molecule has 4 bridgehead atoms. The topological polar surface area (TPSA) is 20.3 Å². The van der Waals surface area contributed by atoms with Crippen LogP contribution in [0.2, 0.25) is 0 Å². The standard InChI is InChI=1S/C18H28ClNO/c1-16-7-13-8-17(2,10-16)12-18(9-13,11-16)15(21)20-5-3-14(19)4-6-20/h13-14H,3-12H2,1-2H3. The molecule has 0 radical (unpaired) electrons. The van der Waals surface area contributed by atoms with Gasteiger partial charge in [-0.1, -0.05) is 13.8 Å². The van der Waals surface area contributed by atoms with Gasteiger partial charge in [-0.05, 0) is 68.1 Å². The maximum absolute atomic E-state index is 13.3. The zero-order valence-electron chi connectivity index (χ0n) is 13.5. The number of carbonyl (C=O) groups is 1. The highest BCUT2D eigenvalue weighted by molar-refractivity contribution is 6.20. The molecule has 2 atom stereocenters. The predicted molar refractivity (Wildman–Crippen MR) is 85.3 cm³/mol. The quantitative estimate of drug-likeness (QED) is 0.664. The summed E-state index contributed by atoms with van der Waals surface area (Å²) >= 11 is 6.21. The minimum Gasteiger partial charge on any atom is -0.342 e. The van der Waals surface area contributed by atoms with Crippen molar-refractivity contribution >= 4 is 17.5 Å². The molecule has 3 heteroatoms. The second-order valence-corrected chi connectivity index (χ2v) is 9.99. The molecule has 0 aromatic heterocycles. The summed E-state index contributed by atoms with van der Waals surface area (Å²) in [5, 5.41) is 0.278. The molecule has 5 rings (SSSR count). The second-order valence-electron chi connectivity index (χ2n) is 9.38. The van der Waals surface area contributed by atoms with Crippen molar-refractivity contribution in [3.63, 3.8) is 0 Å². The van der Waals surface area contributed by atoms with E-state index in [9.17, 15) is 4.79 Å². The Morgan fingerprint density at radius 1 is 1.00 bits per heavy atom. The summed E-state index contributed by atoms with van der Waals surface area (Å²) in [4.78, 5) is 15.5. The Hall–Kier alpha value is -0.240. The van der Waals surface area contributed by atoms with Crippen LogP contribution in [0.15, 0.2) is 0 Å². The fraction of sp³-hybridized carbons (Fsp3) is 0.944. The van der Waals surface area contributed by atoms with E-state index in [1.165, 1.54) is 19.3 Å². The molecule has 2 nitrogen and oxygen atoms in total. The normalized spacial score (nSPS) is 49.7. The minimum absolute atomic E-state index is 0.0257. The van der Waals surface area contributed by atoms with Gasteiger partial charge in [-0.2, -0.15) is 0 Å². The molecule has 0 spiro atoms. The van der Waals surface area contributed by atoms with Gasteiger partial charge in [0, 0.05) is 18.5 Å². The number of likely N-dealkylation sites (tertiary alicyclic amines) is 1. The van der Waals surface area contributed by atoms with Crippen molar-refractivity contribution in [3.05, 3.63) is 0 Å². The molecular weight excluding hydrogens is 282 g/mol. The van der Waals surface area contributed by atoms with Gasteiger partial charge >= 0.3 is 0 Å². The summed E-state index contributed by atoms with van der Waals surface area (Å²) in [5.41, 5.74) is 0.825. The first-order valence-corrected chi connectivity index (χ1v) is 9.19. The largest absolute Gasteiger partial charge is 0.342 e. The SMILES string of the molecule is CC12CC3CC(C)(C1)CC(C(=O)N1CCC(Cl)CC1)(C3)C2. The minimum atomic E-state index is -0.0257. The molecule has 1 saturated heterocycles. The average molecular weight is 310 g/mol. The maximum Gasteiger partial charge on any atom is 0.228 e. The highest BCUT2D eigenvalue weighted by Crippen LogP contribution is 2.69. The highest BCUT2D eigenvalue weighted by Gasteiger charge is 2.63. The van der Waals surface area contributed by atoms with Crippen LogP contribution in [-0.4, -0.2) is 29.3 Å². The molecule has 1 amide bonds. The Morgan fingerprint density at radius 3 is 2.10 bits per heavy atom. The molecule has 4 saturated carbocycles. The average Bonchev–Trinajstić information content (AvgIpc) is 2.34. The van der Waals surface area contributed by atoms with E-state index < -0.39 is 0 Å². The van der Waals surface area contributed by atoms with E-state index >= 15 is 0 Å². The molecule has 0 aromatic carbocycles. The Kier molecular flexibility index (Phi) is 3.01. The molecule has 0 N–H and O–H groups in total. The van der Waals surface area contributed by atoms with Crippen molar-refractivity contribution in [2.24, 2.45) is 22.2 Å². The molecule has 118 valence electrons. The lowest BCUT2D eigenvalue weighted by Crippen LogP contribution is -2.61. The van der Waals surface area contributed by atoms with Crippen molar-refractivity contribution in [1.82, 2.24) is 4.90 Å². The van der Waals surface area contributed by atoms with E-state index in [1.807, 2.05) is 0 Å². The summed E-state index contributed by atoms with van der Waals surface area (Å²) in [6.45, 7) is 6.66. The van der Waals surface area contributed by atoms with Crippen LogP contribution in [0.3, 0.4) is 0 Å². The van der Waals surface area contributed by atoms with Crippen molar-refractivity contribution in [3.8, 4) is 0 Å². The molecule has 5 aliphatic rings. The first kappa shape index (κ1) is 14.4. The molecule has 4 aliphatic carbocycles. The second kappa shape index (κ2) is 4.40. The summed E-state index contributed by atoms with van der Waals surface area (Å²) in [7, 11) is 0. The molecule has 2 unspecified atom stereocenters. The van der Waals surface area contributed by atoms with E-state index in [-0.39, 0.29) is 10.8 Å². The summed E-state index contributed by atoms with van der Waals surface area (Å²) in [6, 6.07) is 0. The lowest BCUT2D eigenvalue weighted by atomic mass is 9.40. The van der Waals surface area contributed by atoms with Crippen LogP contribution in [0, 0.1) is 22.2 Å². The Labute approximate surface area is 133 Å². The van der Waals surface area contributed by atoms with Crippen LogP contribution >= 0.6 is 11.6 Å². The smallest absolute Gasteiger partial charge is 0.228 e. The van der Waals surface area contributed by atoms with Gasteiger partial charge in [0.25, 0.3) is 0 Å². The Balaban J connectivity index is 1.60. The molecule has 5 fully saturated rings. The van der Waals surface area contributed by atoms with Gasteiger partial charge in [0.15, 0.2) is 0 Å². The molecule has 21 heavy (non-hydrogen) atoms. The molecule has 0 aromatic rings. The zero-order chi connectivity index (χ0) is 14.9.